The van der Waals surface area contributed by atoms with Crippen molar-refractivity contribution in [3.63, 3.8) is 0 Å². The van der Waals surface area contributed by atoms with Crippen LogP contribution in [-0.4, -0.2) is 20.1 Å². The SMILES string of the molecule is Cc1cnc2nc(-c3ccc(O)c(Cl)c3)[nH]c2c1. The third-order valence-corrected chi connectivity index (χ3v) is 3.00. The molecular weight excluding hydrogens is 250 g/mol. The van der Waals surface area contributed by atoms with Crippen LogP contribution in [0.5, 0.6) is 5.75 Å². The number of benzene rings is 1. The van der Waals surface area contributed by atoms with E-state index in [2.05, 4.69) is 15.0 Å². The van der Waals surface area contributed by atoms with Gasteiger partial charge in [-0.15, -0.1) is 0 Å². The number of pyridine rings is 1. The number of rotatable bonds is 1. The summed E-state index contributed by atoms with van der Waals surface area (Å²) in [5, 5.41) is 9.69. The van der Waals surface area contributed by atoms with Crippen LogP contribution < -0.4 is 0 Å². The van der Waals surface area contributed by atoms with Gasteiger partial charge >= 0.3 is 0 Å². The Bertz CT molecular complexity index is 736. The molecule has 0 bridgehead atoms. The van der Waals surface area contributed by atoms with Crippen molar-refractivity contribution in [3.8, 4) is 17.1 Å². The van der Waals surface area contributed by atoms with Gasteiger partial charge in [0.05, 0.1) is 10.5 Å². The second-order valence-electron chi connectivity index (χ2n) is 4.14. The number of fused-ring (bicyclic) bond motifs is 1. The lowest BCUT2D eigenvalue weighted by molar-refractivity contribution is 0.475. The number of phenols is 1. The third kappa shape index (κ3) is 1.80. The molecule has 0 saturated carbocycles. The molecule has 0 amide bonds. The fourth-order valence-electron chi connectivity index (χ4n) is 1.80. The molecule has 0 atom stereocenters. The summed E-state index contributed by atoms with van der Waals surface area (Å²) in [6.07, 6.45) is 1.77. The van der Waals surface area contributed by atoms with E-state index in [0.717, 1.165) is 16.6 Å². The Hall–Kier alpha value is -2.07. The molecule has 3 rings (SSSR count). The van der Waals surface area contributed by atoms with Gasteiger partial charge in [0.25, 0.3) is 0 Å². The number of aromatic nitrogens is 3. The number of phenolic OH excluding ortho intramolecular Hbond substituents is 1. The Balaban J connectivity index is 2.16. The highest BCUT2D eigenvalue weighted by atomic mass is 35.5. The number of nitrogens with one attached hydrogen (secondary N) is 1. The number of nitrogens with zero attached hydrogens (tertiary/aromatic N) is 2. The fourth-order valence-corrected chi connectivity index (χ4v) is 1.98. The zero-order chi connectivity index (χ0) is 12.7. The van der Waals surface area contributed by atoms with Crippen LogP contribution >= 0.6 is 11.6 Å². The summed E-state index contributed by atoms with van der Waals surface area (Å²) in [7, 11) is 0. The van der Waals surface area contributed by atoms with Crippen LogP contribution in [0.4, 0.5) is 0 Å². The van der Waals surface area contributed by atoms with Gasteiger partial charge in [0.2, 0.25) is 0 Å². The molecule has 0 spiro atoms. The van der Waals surface area contributed by atoms with Crippen molar-refractivity contribution < 1.29 is 5.11 Å². The summed E-state index contributed by atoms with van der Waals surface area (Å²) in [6.45, 7) is 1.98. The lowest BCUT2D eigenvalue weighted by Gasteiger charge is -1.99. The number of aryl methyl sites for hydroxylation is 1. The third-order valence-electron chi connectivity index (χ3n) is 2.70. The van der Waals surface area contributed by atoms with E-state index in [1.54, 1.807) is 24.4 Å². The van der Waals surface area contributed by atoms with Crippen molar-refractivity contribution in [2.24, 2.45) is 0 Å². The first-order valence-corrected chi connectivity index (χ1v) is 5.82. The van der Waals surface area contributed by atoms with Gasteiger partial charge in [0.15, 0.2) is 5.65 Å². The number of imidazole rings is 1. The Kier molecular flexibility index (Phi) is 2.45. The Morgan fingerprint density at radius 1 is 1.28 bits per heavy atom. The van der Waals surface area contributed by atoms with Crippen molar-refractivity contribution in [2.75, 3.05) is 0 Å². The molecule has 3 aromatic rings. The van der Waals surface area contributed by atoms with Gasteiger partial charge in [-0.05, 0) is 36.8 Å². The number of hydrogen-bond acceptors (Lipinski definition) is 3. The Morgan fingerprint density at radius 3 is 2.89 bits per heavy atom. The highest BCUT2D eigenvalue weighted by Gasteiger charge is 2.08. The normalized spacial score (nSPS) is 11.0. The number of halogens is 1. The van der Waals surface area contributed by atoms with Crippen molar-refractivity contribution in [1.29, 1.82) is 0 Å². The summed E-state index contributed by atoms with van der Waals surface area (Å²) in [5.41, 5.74) is 3.43. The molecule has 5 heteroatoms. The maximum absolute atomic E-state index is 9.39. The van der Waals surface area contributed by atoms with E-state index in [9.17, 15) is 5.11 Å². The largest absolute Gasteiger partial charge is 0.506 e. The van der Waals surface area contributed by atoms with Gasteiger partial charge in [0, 0.05) is 11.8 Å². The molecule has 0 aliphatic rings. The first-order chi connectivity index (χ1) is 8.63. The molecule has 0 fully saturated rings. The lowest BCUT2D eigenvalue weighted by Crippen LogP contribution is -1.80. The van der Waals surface area contributed by atoms with E-state index in [1.165, 1.54) is 0 Å². The van der Waals surface area contributed by atoms with Crippen LogP contribution in [0.15, 0.2) is 30.5 Å². The smallest absolute Gasteiger partial charge is 0.178 e. The molecule has 2 heterocycles. The maximum Gasteiger partial charge on any atom is 0.178 e. The van der Waals surface area contributed by atoms with Gasteiger partial charge in [-0.1, -0.05) is 11.6 Å². The highest BCUT2D eigenvalue weighted by molar-refractivity contribution is 6.32. The number of hydrogen-bond donors (Lipinski definition) is 2. The number of aromatic amines is 1. The second-order valence-corrected chi connectivity index (χ2v) is 4.54. The van der Waals surface area contributed by atoms with Crippen molar-refractivity contribution >= 4 is 22.8 Å². The maximum atomic E-state index is 9.39. The fraction of sp³-hybridized carbons (Fsp3) is 0.0769. The zero-order valence-electron chi connectivity index (χ0n) is 9.61. The molecule has 1 aromatic carbocycles. The Labute approximate surface area is 108 Å². The van der Waals surface area contributed by atoms with Gasteiger partial charge in [0.1, 0.15) is 11.6 Å². The predicted molar refractivity (Wildman–Crippen MR) is 70.7 cm³/mol. The van der Waals surface area contributed by atoms with E-state index < -0.39 is 0 Å². The van der Waals surface area contributed by atoms with Gasteiger partial charge in [-0.3, -0.25) is 0 Å². The molecule has 0 unspecified atom stereocenters. The minimum atomic E-state index is 0.0606. The van der Waals surface area contributed by atoms with E-state index >= 15 is 0 Å². The quantitative estimate of drug-likeness (QED) is 0.705. The summed E-state index contributed by atoms with van der Waals surface area (Å²) in [4.78, 5) is 11.8. The van der Waals surface area contributed by atoms with E-state index in [1.807, 2.05) is 13.0 Å². The van der Waals surface area contributed by atoms with Crippen LogP contribution in [-0.2, 0) is 0 Å². The lowest BCUT2D eigenvalue weighted by atomic mass is 10.2. The van der Waals surface area contributed by atoms with Gasteiger partial charge < -0.3 is 10.1 Å². The molecule has 2 N–H and O–H groups in total. The summed E-state index contributed by atoms with van der Waals surface area (Å²) in [5.74, 6) is 0.746. The minimum Gasteiger partial charge on any atom is -0.506 e. The van der Waals surface area contributed by atoms with Crippen LogP contribution in [0.2, 0.25) is 5.02 Å². The predicted octanol–water partition coefficient (Wildman–Crippen LogP) is 3.29. The summed E-state index contributed by atoms with van der Waals surface area (Å²) < 4.78 is 0. The molecule has 2 aromatic heterocycles. The van der Waals surface area contributed by atoms with E-state index in [4.69, 9.17) is 11.6 Å². The van der Waals surface area contributed by atoms with Gasteiger partial charge in [-0.2, -0.15) is 0 Å². The van der Waals surface area contributed by atoms with E-state index in [0.29, 0.717) is 16.5 Å². The molecular formula is C13H10ClN3O. The van der Waals surface area contributed by atoms with Crippen LogP contribution in [0.25, 0.3) is 22.6 Å². The van der Waals surface area contributed by atoms with Crippen LogP contribution in [0.3, 0.4) is 0 Å². The first-order valence-electron chi connectivity index (χ1n) is 5.45. The van der Waals surface area contributed by atoms with Crippen LogP contribution in [0, 0.1) is 6.92 Å². The highest BCUT2D eigenvalue weighted by Crippen LogP contribution is 2.28. The molecule has 0 saturated heterocycles. The molecule has 18 heavy (non-hydrogen) atoms. The average molecular weight is 260 g/mol. The van der Waals surface area contributed by atoms with Crippen LogP contribution in [0.1, 0.15) is 5.56 Å². The van der Waals surface area contributed by atoms with Crippen molar-refractivity contribution in [2.45, 2.75) is 6.92 Å². The average Bonchev–Trinajstić information content (AvgIpc) is 2.75. The number of aromatic hydroxyl groups is 1. The molecule has 0 aliphatic carbocycles. The topological polar surface area (TPSA) is 61.8 Å². The first kappa shape index (κ1) is 11.0. The zero-order valence-corrected chi connectivity index (χ0v) is 10.4. The molecule has 90 valence electrons. The molecule has 0 aliphatic heterocycles. The summed E-state index contributed by atoms with van der Waals surface area (Å²) in [6, 6.07) is 6.96. The Morgan fingerprint density at radius 2 is 2.11 bits per heavy atom. The molecule has 4 nitrogen and oxygen atoms in total. The summed E-state index contributed by atoms with van der Waals surface area (Å²) >= 11 is 5.88. The van der Waals surface area contributed by atoms with E-state index in [-0.39, 0.29) is 5.75 Å². The monoisotopic (exact) mass is 259 g/mol. The van der Waals surface area contributed by atoms with Gasteiger partial charge in [-0.25, -0.2) is 9.97 Å². The second kappa shape index (κ2) is 3.99. The minimum absolute atomic E-state index is 0.0606. The standard InChI is InChI=1S/C13H10ClN3O/c1-7-4-10-13(15-6-7)17-12(16-10)8-2-3-11(18)9(14)5-8/h2-6,18H,1H3,(H,15,16,17). The molecule has 0 radical (unpaired) electrons. The number of H-pyrrole nitrogens is 1. The van der Waals surface area contributed by atoms with Crippen molar-refractivity contribution in [1.82, 2.24) is 15.0 Å². The van der Waals surface area contributed by atoms with Crippen molar-refractivity contribution in [3.05, 3.63) is 41.0 Å².